The monoisotopic (exact) mass is 527 g/mol. The molecule has 0 saturated carbocycles. The smallest absolute Gasteiger partial charge is 0.275 e. The maximum atomic E-state index is 13.3. The van der Waals surface area contributed by atoms with E-state index in [1.807, 2.05) is 23.7 Å². The molecule has 196 valence electrons. The number of nitrogens with one attached hydrogen (secondary N) is 3. The van der Waals surface area contributed by atoms with Crippen LogP contribution in [0, 0.1) is 0 Å². The number of amides is 1. The minimum atomic E-state index is -0.210. The Morgan fingerprint density at radius 1 is 1.13 bits per heavy atom. The number of thiazole rings is 1. The Morgan fingerprint density at radius 2 is 1.95 bits per heavy atom. The molecule has 0 spiro atoms. The third-order valence-electron chi connectivity index (χ3n) is 7.52. The highest BCUT2D eigenvalue weighted by Gasteiger charge is 2.31. The lowest BCUT2D eigenvalue weighted by Gasteiger charge is -2.46. The largest absolute Gasteiger partial charge is 0.361 e. The summed E-state index contributed by atoms with van der Waals surface area (Å²) in [6, 6.07) is 13.9. The molecule has 1 aliphatic heterocycles. The molecule has 2 aromatic carbocycles. The lowest BCUT2D eigenvalue weighted by molar-refractivity contribution is 0.0132. The van der Waals surface area contributed by atoms with Gasteiger partial charge in [0.1, 0.15) is 10.7 Å². The summed E-state index contributed by atoms with van der Waals surface area (Å²) >= 11 is 1.55. The van der Waals surface area contributed by atoms with Crippen molar-refractivity contribution in [1.82, 2.24) is 30.0 Å². The van der Waals surface area contributed by atoms with Crippen molar-refractivity contribution in [2.24, 2.45) is 0 Å². The Bertz CT molecular complexity index is 1590. The van der Waals surface area contributed by atoms with Gasteiger partial charge >= 0.3 is 0 Å². The first-order valence-corrected chi connectivity index (χ1v) is 14.0. The molecule has 1 saturated heterocycles. The lowest BCUT2D eigenvalue weighted by Crippen LogP contribution is -2.58. The number of aromatic nitrogens is 4. The second kappa shape index (κ2) is 9.98. The quantitative estimate of drug-likeness (QED) is 0.263. The second-order valence-electron chi connectivity index (χ2n) is 10.6. The number of H-pyrrole nitrogens is 2. The summed E-state index contributed by atoms with van der Waals surface area (Å²) in [6.45, 7) is 11.9. The highest BCUT2D eigenvalue weighted by Crippen LogP contribution is 2.34. The Hall–Kier alpha value is -3.53. The van der Waals surface area contributed by atoms with Gasteiger partial charge in [-0.05, 0) is 63.1 Å². The summed E-state index contributed by atoms with van der Waals surface area (Å²) in [5.41, 5.74) is 5.19. The molecule has 1 amide bonds. The summed E-state index contributed by atoms with van der Waals surface area (Å²) < 4.78 is 0. The van der Waals surface area contributed by atoms with Crippen LogP contribution in [0.4, 0.5) is 5.69 Å². The molecule has 0 radical (unpaired) electrons. The molecule has 0 unspecified atom stereocenters. The SMILES string of the molecule is CC(C)N1[C@H](C)CN(Cc2nc(C(=O)Nc3cc(-c4cccc5[nH]ccc45)cc4[nH]ncc34)cs2)C[C@@H]1C. The number of rotatable bonds is 6. The fourth-order valence-electron chi connectivity index (χ4n) is 6.10. The van der Waals surface area contributed by atoms with Gasteiger partial charge in [0.05, 0.1) is 23.9 Å². The van der Waals surface area contributed by atoms with Gasteiger partial charge < -0.3 is 10.3 Å². The van der Waals surface area contributed by atoms with Gasteiger partial charge in [0.25, 0.3) is 5.91 Å². The minimum absolute atomic E-state index is 0.210. The van der Waals surface area contributed by atoms with E-state index in [1.165, 1.54) is 0 Å². The molecule has 0 bridgehead atoms. The standard InChI is InChI=1S/C29H33N7OS/c1-17(2)36-18(3)13-35(14-19(36)4)15-28-32-27(16-38-28)29(37)33-25-10-20(11-26-23(25)12-31-34-26)21-6-5-7-24-22(21)8-9-30-24/h5-12,16-19,30H,13-15H2,1-4H3,(H,31,34)(H,33,37)/t18-,19+. The van der Waals surface area contributed by atoms with E-state index in [0.717, 1.165) is 57.6 Å². The van der Waals surface area contributed by atoms with Crippen molar-refractivity contribution in [3.63, 3.8) is 0 Å². The molecular weight excluding hydrogens is 494 g/mol. The van der Waals surface area contributed by atoms with E-state index in [0.29, 0.717) is 29.5 Å². The zero-order valence-corrected chi connectivity index (χ0v) is 23.0. The van der Waals surface area contributed by atoms with Crippen molar-refractivity contribution >= 4 is 44.7 Å². The predicted molar refractivity (Wildman–Crippen MR) is 155 cm³/mol. The Labute approximate surface area is 226 Å². The number of hydrogen-bond acceptors (Lipinski definition) is 6. The molecule has 1 aliphatic rings. The van der Waals surface area contributed by atoms with Crippen LogP contribution in [0.5, 0.6) is 0 Å². The van der Waals surface area contributed by atoms with Crippen molar-refractivity contribution in [3.8, 4) is 11.1 Å². The minimum Gasteiger partial charge on any atom is -0.361 e. The van der Waals surface area contributed by atoms with Gasteiger partial charge in [-0.15, -0.1) is 11.3 Å². The van der Waals surface area contributed by atoms with E-state index in [9.17, 15) is 4.79 Å². The third-order valence-corrected chi connectivity index (χ3v) is 8.35. The average molecular weight is 528 g/mol. The van der Waals surface area contributed by atoms with Crippen molar-refractivity contribution in [2.45, 2.75) is 52.4 Å². The number of benzene rings is 2. The Morgan fingerprint density at radius 3 is 2.74 bits per heavy atom. The van der Waals surface area contributed by atoms with Crippen molar-refractivity contribution < 1.29 is 4.79 Å². The average Bonchev–Trinajstić information content (AvgIpc) is 3.63. The number of anilines is 1. The van der Waals surface area contributed by atoms with E-state index in [1.54, 1.807) is 17.5 Å². The normalized spacial score (nSPS) is 19.1. The van der Waals surface area contributed by atoms with Crippen LogP contribution in [0.1, 0.15) is 43.2 Å². The summed E-state index contributed by atoms with van der Waals surface area (Å²) in [4.78, 5) is 26.3. The van der Waals surface area contributed by atoms with Crippen LogP contribution in [0.2, 0.25) is 0 Å². The topological polar surface area (TPSA) is 92.9 Å². The zero-order valence-electron chi connectivity index (χ0n) is 22.2. The number of hydrogen-bond donors (Lipinski definition) is 3. The molecule has 3 N–H and O–H groups in total. The number of carbonyl (C=O) groups is 1. The van der Waals surface area contributed by atoms with Crippen LogP contribution < -0.4 is 5.32 Å². The maximum Gasteiger partial charge on any atom is 0.275 e. The first-order chi connectivity index (χ1) is 18.4. The second-order valence-corrected chi connectivity index (χ2v) is 11.6. The highest BCUT2D eigenvalue weighted by atomic mass is 32.1. The first-order valence-electron chi connectivity index (χ1n) is 13.2. The summed E-state index contributed by atoms with van der Waals surface area (Å²) in [7, 11) is 0. The van der Waals surface area contributed by atoms with Gasteiger partial charge in [-0.2, -0.15) is 5.10 Å². The summed E-state index contributed by atoms with van der Waals surface area (Å²) in [5.74, 6) is -0.210. The first kappa shape index (κ1) is 24.8. The zero-order chi connectivity index (χ0) is 26.4. The lowest BCUT2D eigenvalue weighted by atomic mass is 9.99. The van der Waals surface area contributed by atoms with Gasteiger partial charge in [-0.25, -0.2) is 4.98 Å². The fourth-order valence-corrected chi connectivity index (χ4v) is 6.92. The van der Waals surface area contributed by atoms with E-state index in [2.05, 4.69) is 82.3 Å². The van der Waals surface area contributed by atoms with Gasteiger partial charge in [-0.1, -0.05) is 12.1 Å². The van der Waals surface area contributed by atoms with Gasteiger partial charge in [0.2, 0.25) is 0 Å². The van der Waals surface area contributed by atoms with Crippen molar-refractivity contribution in [3.05, 3.63) is 64.9 Å². The molecule has 4 heterocycles. The van der Waals surface area contributed by atoms with Crippen molar-refractivity contribution in [2.75, 3.05) is 18.4 Å². The van der Waals surface area contributed by atoms with Gasteiger partial charge in [0.15, 0.2) is 0 Å². The summed E-state index contributed by atoms with van der Waals surface area (Å²) in [6.07, 6.45) is 3.69. The van der Waals surface area contributed by atoms with Crippen LogP contribution in [0.15, 0.2) is 54.2 Å². The number of aromatic amines is 2. The van der Waals surface area contributed by atoms with Gasteiger partial charge in [0, 0.05) is 59.1 Å². The van der Waals surface area contributed by atoms with E-state index < -0.39 is 0 Å². The molecule has 0 aliphatic carbocycles. The third kappa shape index (κ3) is 4.62. The van der Waals surface area contributed by atoms with E-state index in [4.69, 9.17) is 4.98 Å². The van der Waals surface area contributed by atoms with Crippen LogP contribution in [-0.4, -0.2) is 67.1 Å². The van der Waals surface area contributed by atoms with E-state index >= 15 is 0 Å². The van der Waals surface area contributed by atoms with Crippen molar-refractivity contribution in [1.29, 1.82) is 0 Å². The Balaban J connectivity index is 1.21. The number of fused-ring (bicyclic) bond motifs is 2. The van der Waals surface area contributed by atoms with E-state index in [-0.39, 0.29) is 5.91 Å². The number of nitrogens with zero attached hydrogens (tertiary/aromatic N) is 4. The highest BCUT2D eigenvalue weighted by molar-refractivity contribution is 7.09. The molecule has 3 aromatic heterocycles. The van der Waals surface area contributed by atoms with Crippen LogP contribution in [-0.2, 0) is 6.54 Å². The molecule has 5 aromatic rings. The molecule has 9 heteroatoms. The number of carbonyl (C=O) groups excluding carboxylic acids is 1. The van der Waals surface area contributed by atoms with Crippen LogP contribution >= 0.6 is 11.3 Å². The maximum absolute atomic E-state index is 13.3. The Kier molecular flexibility index (Phi) is 6.51. The molecule has 8 nitrogen and oxygen atoms in total. The fraction of sp³-hybridized carbons (Fsp3) is 0.345. The van der Waals surface area contributed by atoms with Gasteiger partial charge in [-0.3, -0.25) is 19.7 Å². The molecule has 38 heavy (non-hydrogen) atoms. The van der Waals surface area contributed by atoms with Crippen LogP contribution in [0.3, 0.4) is 0 Å². The van der Waals surface area contributed by atoms with Crippen LogP contribution in [0.25, 0.3) is 32.9 Å². The molecule has 6 rings (SSSR count). The molecule has 2 atom stereocenters. The summed E-state index contributed by atoms with van der Waals surface area (Å²) in [5, 5.41) is 15.2. The number of piperazine rings is 1. The predicted octanol–water partition coefficient (Wildman–Crippen LogP) is 5.72. The molecular formula is C29H33N7OS. The molecule has 1 fully saturated rings.